The summed E-state index contributed by atoms with van der Waals surface area (Å²) in [7, 11) is 0. The van der Waals surface area contributed by atoms with Gasteiger partial charge in [0.05, 0.1) is 19.3 Å². The number of hydrogen-bond acceptors (Lipinski definition) is 4. The zero-order valence-electron chi connectivity index (χ0n) is 8.64. The summed E-state index contributed by atoms with van der Waals surface area (Å²) in [5, 5.41) is 11.6. The van der Waals surface area contributed by atoms with Crippen molar-refractivity contribution in [1.82, 2.24) is 10.3 Å². The van der Waals surface area contributed by atoms with Crippen molar-refractivity contribution in [1.29, 1.82) is 5.26 Å². The maximum Gasteiger partial charge on any atom is 0.245 e. The van der Waals surface area contributed by atoms with Crippen LogP contribution in [-0.2, 0) is 16.1 Å². The van der Waals surface area contributed by atoms with Crippen LogP contribution in [0, 0.1) is 16.7 Å². The van der Waals surface area contributed by atoms with Crippen molar-refractivity contribution in [3.8, 4) is 6.07 Å². The van der Waals surface area contributed by atoms with Crippen LogP contribution in [0.4, 0.5) is 0 Å². The number of amides is 1. The van der Waals surface area contributed by atoms with E-state index in [9.17, 15) is 4.79 Å². The third-order valence-electron chi connectivity index (χ3n) is 2.52. The normalized spacial score (nSPS) is 16.9. The summed E-state index contributed by atoms with van der Waals surface area (Å²) in [6.45, 7) is 0.751. The first-order chi connectivity index (χ1) is 7.77. The van der Waals surface area contributed by atoms with E-state index in [2.05, 4.69) is 10.3 Å². The molecule has 2 rings (SSSR count). The van der Waals surface area contributed by atoms with Crippen LogP contribution in [0.1, 0.15) is 5.56 Å². The lowest BCUT2D eigenvalue weighted by molar-refractivity contribution is -0.150. The summed E-state index contributed by atoms with van der Waals surface area (Å²) in [5.41, 5.74) is -0.0773. The van der Waals surface area contributed by atoms with Crippen LogP contribution in [0.5, 0.6) is 0 Å². The Hall–Kier alpha value is -1.93. The maximum absolute atomic E-state index is 11.7. The molecule has 0 aliphatic carbocycles. The molecule has 1 amide bonds. The largest absolute Gasteiger partial charge is 0.377 e. The standard InChI is InChI=1S/C11H11N3O2/c12-6-11(7-16-8-11)10(15)14-5-9-2-1-3-13-4-9/h1-4H,5,7-8H2,(H,14,15). The lowest BCUT2D eigenvalue weighted by Crippen LogP contribution is -2.52. The van der Waals surface area contributed by atoms with E-state index in [4.69, 9.17) is 10.00 Å². The summed E-state index contributed by atoms with van der Waals surface area (Å²) < 4.78 is 4.91. The highest BCUT2D eigenvalue weighted by Gasteiger charge is 2.46. The van der Waals surface area contributed by atoms with Crippen molar-refractivity contribution >= 4 is 5.91 Å². The average Bonchev–Trinajstić information content (AvgIpc) is 2.27. The van der Waals surface area contributed by atoms with Crippen molar-refractivity contribution in [2.75, 3.05) is 13.2 Å². The lowest BCUT2D eigenvalue weighted by Gasteiger charge is -2.33. The van der Waals surface area contributed by atoms with Gasteiger partial charge in [0.2, 0.25) is 5.91 Å². The highest BCUT2D eigenvalue weighted by atomic mass is 16.5. The molecule has 0 aromatic carbocycles. The molecule has 2 heterocycles. The highest BCUT2D eigenvalue weighted by molar-refractivity contribution is 5.86. The first-order valence-electron chi connectivity index (χ1n) is 4.93. The fourth-order valence-corrected chi connectivity index (χ4v) is 1.41. The number of carbonyl (C=O) groups is 1. The zero-order valence-corrected chi connectivity index (χ0v) is 8.64. The molecule has 0 bridgehead atoms. The molecule has 0 unspecified atom stereocenters. The van der Waals surface area contributed by atoms with Gasteiger partial charge in [0, 0.05) is 18.9 Å². The van der Waals surface area contributed by atoms with Gasteiger partial charge in [-0.1, -0.05) is 6.07 Å². The van der Waals surface area contributed by atoms with E-state index < -0.39 is 5.41 Å². The van der Waals surface area contributed by atoms with Crippen LogP contribution >= 0.6 is 0 Å². The topological polar surface area (TPSA) is 75.0 Å². The Kier molecular flexibility index (Phi) is 2.84. The summed E-state index contributed by atoms with van der Waals surface area (Å²) in [6, 6.07) is 5.66. The van der Waals surface area contributed by atoms with Gasteiger partial charge in [0.1, 0.15) is 0 Å². The summed E-state index contributed by atoms with van der Waals surface area (Å²) >= 11 is 0. The predicted molar refractivity (Wildman–Crippen MR) is 54.9 cm³/mol. The third kappa shape index (κ3) is 1.88. The van der Waals surface area contributed by atoms with Gasteiger partial charge >= 0.3 is 0 Å². The predicted octanol–water partition coefficient (Wildman–Crippen LogP) is 0.238. The van der Waals surface area contributed by atoms with E-state index in [1.165, 1.54) is 0 Å². The Morgan fingerprint density at radius 3 is 3.00 bits per heavy atom. The number of aromatic nitrogens is 1. The molecule has 1 aromatic heterocycles. The summed E-state index contributed by atoms with van der Waals surface area (Å²) in [4.78, 5) is 15.7. The van der Waals surface area contributed by atoms with E-state index in [1.54, 1.807) is 18.5 Å². The molecular formula is C11H11N3O2. The van der Waals surface area contributed by atoms with Crippen LogP contribution < -0.4 is 5.32 Å². The van der Waals surface area contributed by atoms with Crippen LogP contribution in [-0.4, -0.2) is 24.1 Å². The molecule has 0 spiro atoms. The van der Waals surface area contributed by atoms with Gasteiger partial charge in [0.25, 0.3) is 0 Å². The zero-order chi connectivity index (χ0) is 11.4. The fraction of sp³-hybridized carbons (Fsp3) is 0.364. The number of nitrogens with one attached hydrogen (secondary N) is 1. The molecule has 5 nitrogen and oxygen atoms in total. The van der Waals surface area contributed by atoms with Crippen molar-refractivity contribution in [2.45, 2.75) is 6.54 Å². The number of hydrogen-bond donors (Lipinski definition) is 1. The number of rotatable bonds is 3. The minimum atomic E-state index is -0.984. The number of nitriles is 1. The van der Waals surface area contributed by atoms with E-state index in [-0.39, 0.29) is 19.1 Å². The van der Waals surface area contributed by atoms with Crippen molar-refractivity contribution in [2.24, 2.45) is 5.41 Å². The number of nitrogens with zero attached hydrogens (tertiary/aromatic N) is 2. The molecule has 1 fully saturated rings. The molecule has 82 valence electrons. The SMILES string of the molecule is N#CC1(C(=O)NCc2cccnc2)COC1. The Bertz CT molecular complexity index is 421. The quantitative estimate of drug-likeness (QED) is 0.786. The van der Waals surface area contributed by atoms with E-state index in [1.807, 2.05) is 12.1 Å². The minimum absolute atomic E-state index is 0.183. The number of pyridine rings is 1. The molecule has 1 aromatic rings. The molecule has 16 heavy (non-hydrogen) atoms. The molecular weight excluding hydrogens is 206 g/mol. The van der Waals surface area contributed by atoms with Gasteiger partial charge in [-0.15, -0.1) is 0 Å². The highest BCUT2D eigenvalue weighted by Crippen LogP contribution is 2.26. The minimum Gasteiger partial charge on any atom is -0.377 e. The van der Waals surface area contributed by atoms with Gasteiger partial charge in [0.15, 0.2) is 5.41 Å². The third-order valence-corrected chi connectivity index (χ3v) is 2.52. The molecule has 1 aliphatic rings. The molecule has 5 heteroatoms. The lowest BCUT2D eigenvalue weighted by atomic mass is 9.87. The average molecular weight is 217 g/mol. The first-order valence-corrected chi connectivity index (χ1v) is 4.93. The van der Waals surface area contributed by atoms with Gasteiger partial charge in [-0.25, -0.2) is 0 Å². The molecule has 0 radical (unpaired) electrons. The van der Waals surface area contributed by atoms with Gasteiger partial charge in [-0.2, -0.15) is 5.26 Å². The molecule has 1 N–H and O–H groups in total. The van der Waals surface area contributed by atoms with Crippen LogP contribution in [0.3, 0.4) is 0 Å². The second kappa shape index (κ2) is 4.29. The monoisotopic (exact) mass is 217 g/mol. The number of carbonyl (C=O) groups excluding carboxylic acids is 1. The van der Waals surface area contributed by atoms with Gasteiger partial charge < -0.3 is 10.1 Å². The van der Waals surface area contributed by atoms with Crippen molar-refractivity contribution in [3.05, 3.63) is 30.1 Å². The first kappa shape index (κ1) is 10.6. The van der Waals surface area contributed by atoms with Crippen molar-refractivity contribution < 1.29 is 9.53 Å². The van der Waals surface area contributed by atoms with Gasteiger partial charge in [-0.3, -0.25) is 9.78 Å². The smallest absolute Gasteiger partial charge is 0.245 e. The Morgan fingerprint density at radius 1 is 1.69 bits per heavy atom. The summed E-state index contributed by atoms with van der Waals surface area (Å²) in [5.74, 6) is -0.273. The second-order valence-electron chi connectivity index (χ2n) is 3.73. The van der Waals surface area contributed by atoms with Crippen molar-refractivity contribution in [3.63, 3.8) is 0 Å². The summed E-state index contributed by atoms with van der Waals surface area (Å²) in [6.07, 6.45) is 3.35. The fourth-order valence-electron chi connectivity index (χ4n) is 1.41. The van der Waals surface area contributed by atoms with E-state index in [0.717, 1.165) is 5.56 Å². The molecule has 0 atom stereocenters. The van der Waals surface area contributed by atoms with E-state index >= 15 is 0 Å². The van der Waals surface area contributed by atoms with Crippen LogP contribution in [0.25, 0.3) is 0 Å². The van der Waals surface area contributed by atoms with Gasteiger partial charge in [-0.05, 0) is 11.6 Å². The van der Waals surface area contributed by atoms with Crippen LogP contribution in [0.15, 0.2) is 24.5 Å². The molecule has 1 saturated heterocycles. The molecule has 1 aliphatic heterocycles. The van der Waals surface area contributed by atoms with E-state index in [0.29, 0.717) is 6.54 Å². The number of ether oxygens (including phenoxy) is 1. The molecule has 0 saturated carbocycles. The Labute approximate surface area is 93.1 Å². The van der Waals surface area contributed by atoms with Crippen LogP contribution in [0.2, 0.25) is 0 Å². The Morgan fingerprint density at radius 2 is 2.50 bits per heavy atom. The Balaban J connectivity index is 1.92. The second-order valence-corrected chi connectivity index (χ2v) is 3.73. The maximum atomic E-state index is 11.7.